The van der Waals surface area contributed by atoms with Gasteiger partial charge in [-0.1, -0.05) is 30.3 Å². The van der Waals surface area contributed by atoms with Crippen molar-refractivity contribution < 1.29 is 27.8 Å². The minimum Gasteiger partial charge on any atom is -0.435 e. The number of benzene rings is 2. The molecule has 0 radical (unpaired) electrons. The molecule has 7 heteroatoms. The SMILES string of the molecule is O=C(Cc1cccc(OC(F)F)c1)NCC(O)c1ccccc1F. The zero-order valence-corrected chi connectivity index (χ0v) is 12.6. The quantitative estimate of drug-likeness (QED) is 0.816. The van der Waals surface area contributed by atoms with E-state index in [2.05, 4.69) is 10.1 Å². The fraction of sp³-hybridized carbons (Fsp3) is 0.235. The summed E-state index contributed by atoms with van der Waals surface area (Å²) in [5.41, 5.74) is 0.566. The van der Waals surface area contributed by atoms with Crippen molar-refractivity contribution in [3.63, 3.8) is 0 Å². The van der Waals surface area contributed by atoms with E-state index in [1.165, 1.54) is 36.4 Å². The second-order valence-electron chi connectivity index (χ2n) is 5.04. The van der Waals surface area contributed by atoms with Gasteiger partial charge in [0.15, 0.2) is 0 Å². The summed E-state index contributed by atoms with van der Waals surface area (Å²) in [6.07, 6.45) is -1.26. The number of ether oxygens (including phenoxy) is 1. The summed E-state index contributed by atoms with van der Waals surface area (Å²) in [6, 6.07) is 11.5. The van der Waals surface area contributed by atoms with Gasteiger partial charge in [-0.3, -0.25) is 4.79 Å². The van der Waals surface area contributed by atoms with Crippen LogP contribution in [0.1, 0.15) is 17.2 Å². The molecule has 0 saturated carbocycles. The van der Waals surface area contributed by atoms with E-state index in [1.807, 2.05) is 0 Å². The summed E-state index contributed by atoms with van der Waals surface area (Å²) in [6.45, 7) is -3.10. The number of hydrogen-bond donors (Lipinski definition) is 2. The van der Waals surface area contributed by atoms with Crippen molar-refractivity contribution in [2.24, 2.45) is 0 Å². The summed E-state index contributed by atoms with van der Waals surface area (Å²) in [4.78, 5) is 11.9. The van der Waals surface area contributed by atoms with Gasteiger partial charge in [0.2, 0.25) is 5.91 Å². The van der Waals surface area contributed by atoms with Gasteiger partial charge < -0.3 is 15.2 Å². The Morgan fingerprint density at radius 2 is 1.92 bits per heavy atom. The van der Waals surface area contributed by atoms with Gasteiger partial charge in [-0.2, -0.15) is 8.78 Å². The van der Waals surface area contributed by atoms with Crippen LogP contribution in [0.2, 0.25) is 0 Å². The zero-order valence-electron chi connectivity index (χ0n) is 12.6. The van der Waals surface area contributed by atoms with Crippen LogP contribution in [0.4, 0.5) is 13.2 Å². The smallest absolute Gasteiger partial charge is 0.387 e. The maximum atomic E-state index is 13.5. The molecule has 0 aliphatic heterocycles. The van der Waals surface area contributed by atoms with Gasteiger partial charge >= 0.3 is 6.61 Å². The average Bonchev–Trinajstić information content (AvgIpc) is 2.53. The van der Waals surface area contributed by atoms with Crippen LogP contribution < -0.4 is 10.1 Å². The molecule has 0 aliphatic carbocycles. The molecule has 2 aromatic carbocycles. The Kier molecular flexibility index (Phi) is 6.20. The Bertz CT molecular complexity index is 694. The van der Waals surface area contributed by atoms with Crippen molar-refractivity contribution in [3.05, 3.63) is 65.5 Å². The third-order valence-corrected chi connectivity index (χ3v) is 3.25. The molecule has 2 aromatic rings. The van der Waals surface area contributed by atoms with Crippen molar-refractivity contribution in [1.29, 1.82) is 0 Å². The first kappa shape index (κ1) is 17.8. The lowest BCUT2D eigenvalue weighted by Gasteiger charge is -2.13. The fourth-order valence-electron chi connectivity index (χ4n) is 2.15. The standard InChI is InChI=1S/C17H16F3NO3/c18-14-7-2-1-6-13(14)15(22)10-21-16(23)9-11-4-3-5-12(8-11)24-17(19)20/h1-8,15,17,22H,9-10H2,(H,21,23). The van der Waals surface area contributed by atoms with Gasteiger partial charge in [0.05, 0.1) is 12.5 Å². The first-order valence-corrected chi connectivity index (χ1v) is 7.18. The van der Waals surface area contributed by atoms with Gasteiger partial charge in [-0.15, -0.1) is 0 Å². The fourth-order valence-corrected chi connectivity index (χ4v) is 2.15. The number of amides is 1. The maximum Gasteiger partial charge on any atom is 0.387 e. The minimum atomic E-state index is -2.94. The van der Waals surface area contributed by atoms with E-state index in [1.54, 1.807) is 12.1 Å². The summed E-state index contributed by atoms with van der Waals surface area (Å²) in [5.74, 6) is -1.03. The van der Waals surface area contributed by atoms with Crippen molar-refractivity contribution in [3.8, 4) is 5.75 Å². The number of alkyl halides is 2. The van der Waals surface area contributed by atoms with Crippen LogP contribution in [0, 0.1) is 5.82 Å². The Labute approximate surface area is 136 Å². The number of aliphatic hydroxyl groups excluding tert-OH is 1. The molecular weight excluding hydrogens is 323 g/mol. The summed E-state index contributed by atoms with van der Waals surface area (Å²) < 4.78 is 42.1. The Morgan fingerprint density at radius 1 is 1.17 bits per heavy atom. The lowest BCUT2D eigenvalue weighted by atomic mass is 10.1. The monoisotopic (exact) mass is 339 g/mol. The highest BCUT2D eigenvalue weighted by Crippen LogP contribution is 2.17. The molecule has 0 aromatic heterocycles. The molecule has 1 unspecified atom stereocenters. The van der Waals surface area contributed by atoms with E-state index in [4.69, 9.17) is 0 Å². The molecule has 24 heavy (non-hydrogen) atoms. The van der Waals surface area contributed by atoms with Gasteiger partial charge in [-0.25, -0.2) is 4.39 Å². The predicted molar refractivity (Wildman–Crippen MR) is 81.1 cm³/mol. The third kappa shape index (κ3) is 5.27. The van der Waals surface area contributed by atoms with Crippen LogP contribution in [0.5, 0.6) is 5.75 Å². The molecule has 0 saturated heterocycles. The van der Waals surface area contributed by atoms with Crippen LogP contribution in [-0.4, -0.2) is 24.2 Å². The van der Waals surface area contributed by atoms with Crippen molar-refractivity contribution in [2.75, 3.05) is 6.54 Å². The first-order chi connectivity index (χ1) is 11.5. The third-order valence-electron chi connectivity index (χ3n) is 3.25. The van der Waals surface area contributed by atoms with Crippen LogP contribution in [0.15, 0.2) is 48.5 Å². The number of carbonyl (C=O) groups is 1. The molecule has 128 valence electrons. The topological polar surface area (TPSA) is 58.6 Å². The second-order valence-corrected chi connectivity index (χ2v) is 5.04. The number of aliphatic hydroxyl groups is 1. The van der Waals surface area contributed by atoms with E-state index < -0.39 is 24.4 Å². The minimum absolute atomic E-state index is 0.0401. The maximum absolute atomic E-state index is 13.5. The average molecular weight is 339 g/mol. The van der Waals surface area contributed by atoms with Gasteiger partial charge in [0, 0.05) is 12.1 Å². The van der Waals surface area contributed by atoms with Gasteiger partial charge in [0.25, 0.3) is 0 Å². The highest BCUT2D eigenvalue weighted by Gasteiger charge is 2.14. The van der Waals surface area contributed by atoms with Crippen LogP contribution in [0.25, 0.3) is 0 Å². The van der Waals surface area contributed by atoms with Crippen LogP contribution in [-0.2, 0) is 11.2 Å². The largest absolute Gasteiger partial charge is 0.435 e. The van der Waals surface area contributed by atoms with Crippen LogP contribution in [0.3, 0.4) is 0 Å². The van der Waals surface area contributed by atoms with Crippen molar-refractivity contribution in [1.82, 2.24) is 5.32 Å². The normalized spacial score (nSPS) is 12.0. The van der Waals surface area contributed by atoms with Gasteiger partial charge in [-0.05, 0) is 23.8 Å². The molecule has 0 heterocycles. The molecule has 0 spiro atoms. The first-order valence-electron chi connectivity index (χ1n) is 7.18. The molecule has 0 fully saturated rings. The number of rotatable bonds is 7. The lowest BCUT2D eigenvalue weighted by molar-refractivity contribution is -0.120. The van der Waals surface area contributed by atoms with Crippen LogP contribution >= 0.6 is 0 Å². The van der Waals surface area contributed by atoms with Crippen molar-refractivity contribution >= 4 is 5.91 Å². The molecule has 2 rings (SSSR count). The predicted octanol–water partition coefficient (Wildman–Crippen LogP) is 2.82. The zero-order chi connectivity index (χ0) is 17.5. The Morgan fingerprint density at radius 3 is 2.62 bits per heavy atom. The summed E-state index contributed by atoms with van der Waals surface area (Å²) in [7, 11) is 0. The van der Waals surface area contributed by atoms with E-state index >= 15 is 0 Å². The van der Waals surface area contributed by atoms with E-state index in [-0.39, 0.29) is 24.3 Å². The number of nitrogens with one attached hydrogen (secondary N) is 1. The summed E-state index contributed by atoms with van der Waals surface area (Å²) >= 11 is 0. The molecule has 4 nitrogen and oxygen atoms in total. The highest BCUT2D eigenvalue weighted by atomic mass is 19.3. The number of halogens is 3. The van der Waals surface area contributed by atoms with Crippen molar-refractivity contribution in [2.45, 2.75) is 19.1 Å². The highest BCUT2D eigenvalue weighted by molar-refractivity contribution is 5.78. The number of carbonyl (C=O) groups excluding carboxylic acids is 1. The van der Waals surface area contributed by atoms with Gasteiger partial charge in [0.1, 0.15) is 11.6 Å². The van der Waals surface area contributed by atoms with E-state index in [9.17, 15) is 23.1 Å². The Hall–Kier alpha value is -2.54. The molecule has 0 bridgehead atoms. The van der Waals surface area contributed by atoms with E-state index in [0.717, 1.165) is 0 Å². The molecule has 1 atom stereocenters. The summed E-state index contributed by atoms with van der Waals surface area (Å²) in [5, 5.41) is 12.4. The molecule has 1 amide bonds. The van der Waals surface area contributed by atoms with E-state index in [0.29, 0.717) is 5.56 Å². The Balaban J connectivity index is 1.88. The lowest BCUT2D eigenvalue weighted by Crippen LogP contribution is -2.30. The molecule has 2 N–H and O–H groups in total. The number of hydrogen-bond acceptors (Lipinski definition) is 3. The second kappa shape index (κ2) is 8.35. The molecular formula is C17H16F3NO3. The molecule has 0 aliphatic rings.